The highest BCUT2D eigenvalue weighted by molar-refractivity contribution is 6.01. The number of ketones is 1. The van der Waals surface area contributed by atoms with Gasteiger partial charge in [-0.1, -0.05) is 19.9 Å². The molecule has 5 unspecified atom stereocenters. The van der Waals surface area contributed by atoms with Crippen LogP contribution >= 0.6 is 0 Å². The van der Waals surface area contributed by atoms with Crippen molar-refractivity contribution in [2.45, 2.75) is 64.4 Å². The summed E-state index contributed by atoms with van der Waals surface area (Å²) in [6.07, 6.45) is -6.57. The average Bonchev–Trinajstić information content (AvgIpc) is 3.32. The van der Waals surface area contributed by atoms with E-state index in [0.717, 1.165) is 16.5 Å². The smallest absolute Gasteiger partial charge is 0.229 e. The molecule has 3 aromatic rings. The molecule has 0 spiro atoms. The maximum absolute atomic E-state index is 14.0. The first-order valence-electron chi connectivity index (χ1n) is 11.5. The predicted molar refractivity (Wildman–Crippen MR) is 126 cm³/mol. The van der Waals surface area contributed by atoms with Crippen molar-refractivity contribution >= 4 is 16.8 Å². The molecule has 35 heavy (non-hydrogen) atoms. The van der Waals surface area contributed by atoms with Gasteiger partial charge in [0.05, 0.1) is 12.9 Å². The minimum absolute atomic E-state index is 0.0544. The van der Waals surface area contributed by atoms with Crippen molar-refractivity contribution in [1.29, 1.82) is 0 Å². The molecule has 1 aliphatic heterocycles. The average molecular weight is 491 g/mol. The van der Waals surface area contributed by atoms with Gasteiger partial charge in [0.2, 0.25) is 6.29 Å². The van der Waals surface area contributed by atoms with E-state index in [1.807, 2.05) is 38.1 Å². The number of Topliss-reactive ketones (excluding diaryl/α,β-unsaturated/α-hetero) is 1. The summed E-state index contributed by atoms with van der Waals surface area (Å²) in [5.74, 6) is -0.802. The van der Waals surface area contributed by atoms with Gasteiger partial charge >= 0.3 is 0 Å². The zero-order chi connectivity index (χ0) is 25.7. The van der Waals surface area contributed by atoms with E-state index in [1.54, 1.807) is 13.2 Å². The van der Waals surface area contributed by atoms with Crippen LogP contribution in [0, 0.1) is 6.92 Å². The van der Waals surface area contributed by atoms with Crippen molar-refractivity contribution in [3.63, 3.8) is 0 Å². The van der Waals surface area contributed by atoms with E-state index in [0.29, 0.717) is 12.0 Å². The highest BCUT2D eigenvalue weighted by Crippen LogP contribution is 2.34. The molecule has 0 aliphatic carbocycles. The SMILES string of the molecule is CC.Cc1cc(O)c(C(=O)CCc2ccc3occc3c2)c(OC2OC(CO)C(F)C(O)C2O)c1. The molecule has 4 N–H and O–H groups in total. The lowest BCUT2D eigenvalue weighted by Gasteiger charge is -2.38. The van der Waals surface area contributed by atoms with Crippen molar-refractivity contribution in [1.82, 2.24) is 0 Å². The fourth-order valence-corrected chi connectivity index (χ4v) is 3.93. The second-order valence-corrected chi connectivity index (χ2v) is 8.14. The first kappa shape index (κ1) is 26.6. The van der Waals surface area contributed by atoms with E-state index >= 15 is 0 Å². The fraction of sp³-hybridized carbons (Fsp3) is 0.423. The molecule has 1 saturated heterocycles. The molecule has 190 valence electrons. The maximum Gasteiger partial charge on any atom is 0.229 e. The van der Waals surface area contributed by atoms with Gasteiger partial charge in [-0.15, -0.1) is 0 Å². The monoisotopic (exact) mass is 490 g/mol. The van der Waals surface area contributed by atoms with Crippen LogP contribution in [0.15, 0.2) is 47.1 Å². The van der Waals surface area contributed by atoms with Crippen LogP contribution in [0.2, 0.25) is 0 Å². The molecule has 5 atom stereocenters. The Hall–Kier alpha value is -2.98. The number of carbonyl (C=O) groups excluding carboxylic acids is 1. The number of ether oxygens (including phenoxy) is 2. The highest BCUT2D eigenvalue weighted by Gasteiger charge is 2.46. The Morgan fingerprint density at radius 1 is 1.11 bits per heavy atom. The number of furan rings is 1. The van der Waals surface area contributed by atoms with E-state index in [9.17, 15) is 29.6 Å². The van der Waals surface area contributed by atoms with Gasteiger partial charge in [0.1, 0.15) is 41.0 Å². The third-order valence-electron chi connectivity index (χ3n) is 5.70. The van der Waals surface area contributed by atoms with Gasteiger partial charge in [0.15, 0.2) is 12.0 Å². The summed E-state index contributed by atoms with van der Waals surface area (Å²) in [5, 5.41) is 40.8. The van der Waals surface area contributed by atoms with Crippen LogP contribution in [0.1, 0.15) is 41.8 Å². The van der Waals surface area contributed by atoms with Crippen molar-refractivity contribution in [2.75, 3.05) is 6.61 Å². The summed E-state index contributed by atoms with van der Waals surface area (Å²) in [6, 6.07) is 10.3. The third-order valence-corrected chi connectivity index (χ3v) is 5.70. The Morgan fingerprint density at radius 3 is 2.57 bits per heavy atom. The summed E-state index contributed by atoms with van der Waals surface area (Å²) in [5.41, 5.74) is 2.10. The van der Waals surface area contributed by atoms with Crippen LogP contribution in [-0.4, -0.2) is 63.6 Å². The summed E-state index contributed by atoms with van der Waals surface area (Å²) in [4.78, 5) is 13.0. The van der Waals surface area contributed by atoms with E-state index in [2.05, 4.69) is 0 Å². The normalized spacial score (nSPS) is 24.0. The molecule has 1 fully saturated rings. The molecule has 2 aromatic carbocycles. The summed E-state index contributed by atoms with van der Waals surface area (Å²) in [6.45, 7) is 4.93. The summed E-state index contributed by atoms with van der Waals surface area (Å²) >= 11 is 0. The summed E-state index contributed by atoms with van der Waals surface area (Å²) < 4.78 is 30.2. The van der Waals surface area contributed by atoms with Gasteiger partial charge in [0.25, 0.3) is 0 Å². The van der Waals surface area contributed by atoms with Crippen molar-refractivity contribution in [3.8, 4) is 11.5 Å². The number of benzene rings is 2. The lowest BCUT2D eigenvalue weighted by atomic mass is 9.98. The molecule has 0 amide bonds. The number of carbonyl (C=O) groups is 1. The lowest BCUT2D eigenvalue weighted by molar-refractivity contribution is -0.265. The van der Waals surface area contributed by atoms with Gasteiger partial charge in [-0.3, -0.25) is 4.79 Å². The Balaban J connectivity index is 0.00000167. The number of aliphatic hydroxyl groups excluding tert-OH is 3. The van der Waals surface area contributed by atoms with E-state index in [4.69, 9.17) is 13.9 Å². The zero-order valence-corrected chi connectivity index (χ0v) is 19.8. The maximum atomic E-state index is 14.0. The van der Waals surface area contributed by atoms with Crippen molar-refractivity contribution in [2.24, 2.45) is 0 Å². The molecule has 0 saturated carbocycles. The van der Waals surface area contributed by atoms with Crippen molar-refractivity contribution in [3.05, 3.63) is 59.4 Å². The third kappa shape index (κ3) is 5.82. The molecular formula is C26H31FO8. The van der Waals surface area contributed by atoms with Gasteiger partial charge < -0.3 is 34.3 Å². The van der Waals surface area contributed by atoms with Gasteiger partial charge in [0, 0.05) is 11.8 Å². The number of phenols is 1. The summed E-state index contributed by atoms with van der Waals surface area (Å²) in [7, 11) is 0. The minimum Gasteiger partial charge on any atom is -0.507 e. The Kier molecular flexibility index (Phi) is 8.85. The topological polar surface area (TPSA) is 130 Å². The number of hydrogen-bond donors (Lipinski definition) is 4. The van der Waals surface area contributed by atoms with Crippen molar-refractivity contribution < 1.29 is 43.5 Å². The van der Waals surface area contributed by atoms with Crippen LogP contribution in [0.25, 0.3) is 11.0 Å². The largest absolute Gasteiger partial charge is 0.507 e. The highest BCUT2D eigenvalue weighted by atomic mass is 19.1. The first-order valence-corrected chi connectivity index (χ1v) is 11.5. The van der Waals surface area contributed by atoms with Gasteiger partial charge in [-0.25, -0.2) is 4.39 Å². The number of aromatic hydroxyl groups is 1. The molecule has 9 heteroatoms. The molecule has 4 rings (SSSR count). The lowest BCUT2D eigenvalue weighted by Crippen LogP contribution is -2.58. The molecule has 2 heterocycles. The fourth-order valence-electron chi connectivity index (χ4n) is 3.93. The molecule has 0 bridgehead atoms. The number of phenolic OH excluding ortho intramolecular Hbond substituents is 1. The van der Waals surface area contributed by atoms with E-state index < -0.39 is 43.2 Å². The van der Waals surface area contributed by atoms with E-state index in [-0.39, 0.29) is 23.5 Å². The first-order chi connectivity index (χ1) is 16.8. The molecule has 1 aliphatic rings. The second kappa shape index (κ2) is 11.6. The Bertz CT molecular complexity index is 1140. The zero-order valence-electron chi connectivity index (χ0n) is 19.8. The molecular weight excluding hydrogens is 459 g/mol. The predicted octanol–water partition coefficient (Wildman–Crippen LogP) is 3.44. The number of rotatable bonds is 7. The number of aliphatic hydroxyl groups is 3. The van der Waals surface area contributed by atoms with Crippen LogP contribution in [0.5, 0.6) is 11.5 Å². The van der Waals surface area contributed by atoms with Crippen LogP contribution in [0.4, 0.5) is 4.39 Å². The Labute approximate surface area is 202 Å². The number of aryl methyl sites for hydroxylation is 2. The molecule has 0 radical (unpaired) electrons. The minimum atomic E-state index is -2.01. The number of halogens is 1. The number of hydrogen-bond acceptors (Lipinski definition) is 8. The standard InChI is InChI=1S/C24H25FO8.C2H6/c1-12-8-16(28)20(15(27)4-2-13-3-5-17-14(10-13)6-7-31-17)18(9-12)32-24-23(30)22(29)21(25)19(11-26)33-24;1-2/h3,5-10,19,21-24,26,28-30H,2,4,11H2,1H3;1-2H3. The molecule has 8 nitrogen and oxygen atoms in total. The van der Waals surface area contributed by atoms with Gasteiger partial charge in [-0.2, -0.15) is 0 Å². The van der Waals surface area contributed by atoms with Crippen LogP contribution in [-0.2, 0) is 11.2 Å². The quantitative estimate of drug-likeness (QED) is 0.371. The second-order valence-electron chi connectivity index (χ2n) is 8.14. The Morgan fingerprint density at radius 2 is 1.86 bits per heavy atom. The number of alkyl halides is 1. The number of fused-ring (bicyclic) bond motifs is 1. The van der Waals surface area contributed by atoms with Crippen LogP contribution in [0.3, 0.4) is 0 Å². The van der Waals surface area contributed by atoms with E-state index in [1.165, 1.54) is 12.1 Å². The van der Waals surface area contributed by atoms with Gasteiger partial charge in [-0.05, 0) is 54.8 Å². The van der Waals surface area contributed by atoms with Crippen LogP contribution < -0.4 is 4.74 Å². The molecule has 1 aromatic heterocycles.